The van der Waals surface area contributed by atoms with Crippen LogP contribution in [-0.4, -0.2) is 38.1 Å². The van der Waals surface area contributed by atoms with Gasteiger partial charge in [0.1, 0.15) is 0 Å². The average Bonchev–Trinajstić information content (AvgIpc) is 3.15. The van der Waals surface area contributed by atoms with E-state index in [0.717, 1.165) is 34.9 Å². The molecule has 0 fully saturated rings. The predicted octanol–water partition coefficient (Wildman–Crippen LogP) is 0.842. The summed E-state index contributed by atoms with van der Waals surface area (Å²) in [6, 6.07) is 6.53. The number of nitrogens with one attached hydrogen (secondary N) is 3. The van der Waals surface area contributed by atoms with Crippen molar-refractivity contribution in [2.75, 3.05) is 23.5 Å². The number of aromatic nitrogens is 2. The third kappa shape index (κ3) is 3.89. The quantitative estimate of drug-likeness (QED) is 0.256. The van der Waals surface area contributed by atoms with E-state index in [-0.39, 0.29) is 36.9 Å². The van der Waals surface area contributed by atoms with E-state index in [1.54, 1.807) is 24.5 Å². The number of pyridine rings is 1. The standard InChI is InChI=1S/C23H23FIN4O3/c1-31-22-14(24)5-4-6-15(22)27-21-19-16-11-18(29-23(19)30)25-8-2-3-10-32-17-12-26-9-7-13(17)20(21)28-16/h4-7,9,12,18,27-28H,2-3,8,10-11H2,1H3,(H,29,30)/q-1. The molecule has 7 nitrogen and oxygen atoms in total. The summed E-state index contributed by atoms with van der Waals surface area (Å²) in [7, 11) is 1.42. The molecule has 2 aliphatic rings. The van der Waals surface area contributed by atoms with Gasteiger partial charge in [-0.15, -0.1) is 0 Å². The van der Waals surface area contributed by atoms with Gasteiger partial charge in [-0.3, -0.25) is 0 Å². The molecule has 1 atom stereocenters. The van der Waals surface area contributed by atoms with Crippen molar-refractivity contribution in [2.24, 2.45) is 0 Å². The molecule has 3 bridgehead atoms. The second kappa shape index (κ2) is 8.97. The van der Waals surface area contributed by atoms with Crippen LogP contribution in [0.15, 0.2) is 36.7 Å². The summed E-state index contributed by atoms with van der Waals surface area (Å²) >= 11 is -0.178. The summed E-state index contributed by atoms with van der Waals surface area (Å²) in [5, 5.41) is 6.47. The van der Waals surface area contributed by atoms with Crippen molar-refractivity contribution in [1.82, 2.24) is 15.3 Å². The number of benzene rings is 1. The van der Waals surface area contributed by atoms with Gasteiger partial charge in [0, 0.05) is 0 Å². The van der Waals surface area contributed by atoms with Crippen LogP contribution in [0, 0.1) is 5.82 Å². The number of methoxy groups -OCH3 is 1. The van der Waals surface area contributed by atoms with E-state index in [9.17, 15) is 9.18 Å². The molecule has 1 unspecified atom stereocenters. The molecule has 3 N–H and O–H groups in total. The van der Waals surface area contributed by atoms with Gasteiger partial charge >= 0.3 is 196 Å². The molecule has 5 rings (SSSR count). The summed E-state index contributed by atoms with van der Waals surface area (Å²) in [5.74, 6) is 0.137. The molecule has 0 saturated heterocycles. The van der Waals surface area contributed by atoms with Crippen LogP contribution in [0.2, 0.25) is 0 Å². The van der Waals surface area contributed by atoms with Crippen molar-refractivity contribution in [2.45, 2.75) is 23.3 Å². The second-order valence-electron chi connectivity index (χ2n) is 7.59. The van der Waals surface area contributed by atoms with Crippen LogP contribution in [0.1, 0.15) is 28.9 Å². The molecule has 1 aromatic carbocycles. The van der Waals surface area contributed by atoms with Gasteiger partial charge in [0.15, 0.2) is 0 Å². The SMILES string of the molecule is COc1c(F)cccc1Nc1c2[nH]c3c1C(=O)NC(C3)[I-]CCCCOc1cnccc1-2. The maximum atomic E-state index is 14.3. The summed E-state index contributed by atoms with van der Waals surface area (Å²) in [6.45, 7) is 0.611. The van der Waals surface area contributed by atoms with E-state index in [2.05, 4.69) is 20.6 Å². The van der Waals surface area contributed by atoms with Crippen molar-refractivity contribution >= 4 is 17.3 Å². The van der Waals surface area contributed by atoms with E-state index < -0.39 is 5.82 Å². The number of alkyl halides is 2. The molecule has 2 aromatic heterocycles. The number of carbonyl (C=O) groups excluding carboxylic acids is 1. The van der Waals surface area contributed by atoms with E-state index in [1.165, 1.54) is 13.2 Å². The maximum absolute atomic E-state index is 14.3. The Kier molecular flexibility index (Phi) is 5.90. The molecule has 9 heteroatoms. The number of ether oxygens (including phenoxy) is 2. The Labute approximate surface area is 195 Å². The summed E-state index contributed by atoms with van der Waals surface area (Å²) in [5.41, 5.74) is 3.96. The Bertz CT molecular complexity index is 1170. The van der Waals surface area contributed by atoms with Crippen LogP contribution in [0.4, 0.5) is 15.8 Å². The number of fused-ring (bicyclic) bond motifs is 4. The average molecular weight is 549 g/mol. The molecule has 2 aliphatic heterocycles. The Morgan fingerprint density at radius 3 is 3.09 bits per heavy atom. The molecule has 0 radical (unpaired) electrons. The number of halogens is 2. The van der Waals surface area contributed by atoms with Gasteiger partial charge in [0.05, 0.1) is 0 Å². The Morgan fingerprint density at radius 2 is 2.22 bits per heavy atom. The van der Waals surface area contributed by atoms with Gasteiger partial charge in [-0.1, -0.05) is 0 Å². The van der Waals surface area contributed by atoms with Crippen LogP contribution in [0.5, 0.6) is 11.5 Å². The summed E-state index contributed by atoms with van der Waals surface area (Å²) in [4.78, 5) is 20.9. The first-order valence-electron chi connectivity index (χ1n) is 10.5. The van der Waals surface area contributed by atoms with Crippen LogP contribution in [-0.2, 0) is 6.42 Å². The van der Waals surface area contributed by atoms with Crippen LogP contribution >= 0.6 is 0 Å². The third-order valence-electron chi connectivity index (χ3n) is 5.54. The van der Waals surface area contributed by atoms with E-state index >= 15 is 0 Å². The Hall–Kier alpha value is -2.82. The number of rotatable bonds is 3. The number of amides is 1. The Morgan fingerprint density at radius 1 is 1.31 bits per heavy atom. The molecular weight excluding hydrogens is 526 g/mol. The first kappa shape index (κ1) is 21.0. The number of H-pyrrole nitrogens is 1. The zero-order valence-corrected chi connectivity index (χ0v) is 19.7. The molecule has 32 heavy (non-hydrogen) atoms. The number of hydrogen-bond acceptors (Lipinski definition) is 5. The fourth-order valence-corrected chi connectivity index (χ4v) is 7.05. The number of hydrogen-bond donors (Lipinski definition) is 3. The Balaban J connectivity index is 1.69. The zero-order valence-electron chi connectivity index (χ0n) is 17.5. The molecule has 3 aromatic rings. The summed E-state index contributed by atoms with van der Waals surface area (Å²) < 4.78 is 27.0. The van der Waals surface area contributed by atoms with Gasteiger partial charge in [-0.25, -0.2) is 0 Å². The first-order chi connectivity index (χ1) is 15.7. The molecule has 0 spiro atoms. The minimum atomic E-state index is -0.479. The number of anilines is 2. The number of carbonyl (C=O) groups is 1. The summed E-state index contributed by atoms with van der Waals surface area (Å²) in [6.07, 6.45) is 6.19. The van der Waals surface area contributed by atoms with Crippen LogP contribution in [0.25, 0.3) is 11.3 Å². The predicted molar refractivity (Wildman–Crippen MR) is 115 cm³/mol. The topological polar surface area (TPSA) is 88.3 Å². The van der Waals surface area contributed by atoms with E-state index in [1.807, 2.05) is 6.07 Å². The molecule has 1 amide bonds. The first-order valence-corrected chi connectivity index (χ1v) is 13.2. The van der Waals surface area contributed by atoms with Crippen molar-refractivity contribution in [1.29, 1.82) is 0 Å². The van der Waals surface area contributed by atoms with Gasteiger partial charge in [0.2, 0.25) is 0 Å². The van der Waals surface area contributed by atoms with E-state index in [4.69, 9.17) is 9.47 Å². The van der Waals surface area contributed by atoms with Crippen LogP contribution in [0.3, 0.4) is 0 Å². The van der Waals surface area contributed by atoms with Gasteiger partial charge in [-0.2, -0.15) is 0 Å². The molecule has 0 saturated carbocycles. The van der Waals surface area contributed by atoms with E-state index in [0.29, 0.717) is 35.0 Å². The van der Waals surface area contributed by atoms with Crippen LogP contribution < -0.4 is 41.3 Å². The van der Waals surface area contributed by atoms with Crippen molar-refractivity contribution in [3.05, 3.63) is 53.7 Å². The molecular formula is C23H23FIN4O3-. The second-order valence-corrected chi connectivity index (χ2v) is 11.1. The fraction of sp³-hybridized carbons (Fsp3) is 0.304. The number of nitrogens with zero attached hydrogens (tertiary/aromatic N) is 1. The van der Waals surface area contributed by atoms with Crippen molar-refractivity contribution < 1.29 is 39.9 Å². The molecule has 0 aliphatic carbocycles. The number of aromatic amines is 1. The van der Waals surface area contributed by atoms with Gasteiger partial charge in [-0.05, 0) is 0 Å². The van der Waals surface area contributed by atoms with Crippen molar-refractivity contribution in [3.8, 4) is 22.8 Å². The number of para-hydroxylation sites is 1. The van der Waals surface area contributed by atoms with Gasteiger partial charge < -0.3 is 0 Å². The molecule has 168 valence electrons. The third-order valence-corrected chi connectivity index (χ3v) is 8.74. The fourth-order valence-electron chi connectivity index (χ4n) is 4.06. The zero-order chi connectivity index (χ0) is 22.1. The normalized spacial score (nSPS) is 18.1. The van der Waals surface area contributed by atoms with Crippen molar-refractivity contribution in [3.63, 3.8) is 0 Å². The molecule has 4 heterocycles. The van der Waals surface area contributed by atoms with Gasteiger partial charge in [0.25, 0.3) is 0 Å². The monoisotopic (exact) mass is 549 g/mol. The minimum absolute atomic E-state index is 0.0916.